The lowest BCUT2D eigenvalue weighted by atomic mass is 10.1. The molecule has 5 heteroatoms. The highest BCUT2D eigenvalue weighted by Gasteiger charge is 2.22. The lowest BCUT2D eigenvalue weighted by Gasteiger charge is -2.36. The number of nitrogens with one attached hydrogen (secondary N) is 1. The van der Waals surface area contributed by atoms with E-state index in [1.807, 2.05) is 25.2 Å². The highest BCUT2D eigenvalue weighted by Crippen LogP contribution is 2.26. The highest BCUT2D eigenvalue weighted by molar-refractivity contribution is 6.31. The lowest BCUT2D eigenvalue weighted by molar-refractivity contribution is 0.0727. The van der Waals surface area contributed by atoms with Crippen molar-refractivity contribution in [1.82, 2.24) is 5.32 Å². The molecule has 0 spiro atoms. The number of halogens is 1. The van der Waals surface area contributed by atoms with Gasteiger partial charge < -0.3 is 20.1 Å². The summed E-state index contributed by atoms with van der Waals surface area (Å²) in [6, 6.07) is 6.05. The molecule has 0 amide bonds. The molecular formula is C13H19ClN2O2. The highest BCUT2D eigenvalue weighted by atomic mass is 35.5. The fourth-order valence-electron chi connectivity index (χ4n) is 2.19. The molecule has 0 saturated carbocycles. The summed E-state index contributed by atoms with van der Waals surface area (Å²) < 4.78 is 5.37. The summed E-state index contributed by atoms with van der Waals surface area (Å²) in [6.45, 7) is 2.88. The third-order valence-electron chi connectivity index (χ3n) is 3.17. The van der Waals surface area contributed by atoms with Gasteiger partial charge in [0.15, 0.2) is 0 Å². The third kappa shape index (κ3) is 2.95. The van der Waals surface area contributed by atoms with Gasteiger partial charge in [0.25, 0.3) is 0 Å². The Balaban J connectivity index is 2.19. The smallest absolute Gasteiger partial charge is 0.0755 e. The predicted octanol–water partition coefficient (Wildman–Crippen LogP) is 1.26. The van der Waals surface area contributed by atoms with Gasteiger partial charge >= 0.3 is 0 Å². The van der Waals surface area contributed by atoms with Crippen LogP contribution in [0.4, 0.5) is 5.69 Å². The van der Waals surface area contributed by atoms with Crippen LogP contribution < -0.4 is 10.2 Å². The summed E-state index contributed by atoms with van der Waals surface area (Å²) >= 11 is 6.26. The van der Waals surface area contributed by atoms with Crippen molar-refractivity contribution in [1.29, 1.82) is 0 Å². The molecule has 1 aromatic carbocycles. The van der Waals surface area contributed by atoms with Gasteiger partial charge in [-0.3, -0.25) is 0 Å². The van der Waals surface area contributed by atoms with Crippen molar-refractivity contribution in [2.24, 2.45) is 0 Å². The third-order valence-corrected chi connectivity index (χ3v) is 3.53. The van der Waals surface area contributed by atoms with Crippen LogP contribution in [0.1, 0.15) is 5.56 Å². The Bertz CT molecular complexity index is 401. The number of aliphatic hydroxyl groups excluding tert-OH is 1. The van der Waals surface area contributed by atoms with Gasteiger partial charge in [-0.25, -0.2) is 0 Å². The number of anilines is 1. The SMILES string of the molecule is CNCc1ccc(N2CCOCC2CO)cc1Cl. The molecule has 0 aromatic heterocycles. The molecule has 1 unspecified atom stereocenters. The lowest BCUT2D eigenvalue weighted by Crippen LogP contribution is -2.47. The van der Waals surface area contributed by atoms with E-state index in [9.17, 15) is 5.11 Å². The maximum atomic E-state index is 9.37. The van der Waals surface area contributed by atoms with E-state index in [1.54, 1.807) is 0 Å². The largest absolute Gasteiger partial charge is 0.394 e. The first-order valence-corrected chi connectivity index (χ1v) is 6.52. The Morgan fingerprint density at radius 2 is 2.39 bits per heavy atom. The molecule has 0 aliphatic carbocycles. The van der Waals surface area contributed by atoms with Gasteiger partial charge in [-0.15, -0.1) is 0 Å². The van der Waals surface area contributed by atoms with Crippen LogP contribution in [0.15, 0.2) is 18.2 Å². The van der Waals surface area contributed by atoms with Crippen LogP contribution >= 0.6 is 11.6 Å². The standard InChI is InChI=1S/C13H19ClN2O2/c1-15-7-10-2-3-11(6-13(10)14)16-4-5-18-9-12(16)8-17/h2-3,6,12,15,17H,4-5,7-9H2,1H3. The maximum absolute atomic E-state index is 9.37. The normalized spacial score (nSPS) is 20.2. The summed E-state index contributed by atoms with van der Waals surface area (Å²) in [5, 5.41) is 13.2. The zero-order valence-electron chi connectivity index (χ0n) is 10.5. The molecule has 0 bridgehead atoms. The molecule has 18 heavy (non-hydrogen) atoms. The molecule has 2 N–H and O–H groups in total. The van der Waals surface area contributed by atoms with Crippen LogP contribution in [0.2, 0.25) is 5.02 Å². The zero-order chi connectivity index (χ0) is 13.0. The molecule has 1 fully saturated rings. The number of hydrogen-bond donors (Lipinski definition) is 2. The second-order valence-electron chi connectivity index (χ2n) is 4.41. The molecule has 1 saturated heterocycles. The first kappa shape index (κ1) is 13.6. The van der Waals surface area contributed by atoms with Gasteiger partial charge in [0.1, 0.15) is 0 Å². The van der Waals surface area contributed by atoms with Gasteiger partial charge in [0.2, 0.25) is 0 Å². The number of benzene rings is 1. The maximum Gasteiger partial charge on any atom is 0.0755 e. The van der Waals surface area contributed by atoms with Crippen molar-refractivity contribution in [2.45, 2.75) is 12.6 Å². The predicted molar refractivity (Wildman–Crippen MR) is 73.3 cm³/mol. The van der Waals surface area contributed by atoms with Crippen molar-refractivity contribution < 1.29 is 9.84 Å². The summed E-state index contributed by atoms with van der Waals surface area (Å²) in [6.07, 6.45) is 0. The van der Waals surface area contributed by atoms with Crippen LogP contribution in [-0.4, -0.2) is 44.6 Å². The van der Waals surface area contributed by atoms with Crippen LogP contribution in [-0.2, 0) is 11.3 Å². The minimum atomic E-state index is 0.0185. The minimum Gasteiger partial charge on any atom is -0.394 e. The summed E-state index contributed by atoms with van der Waals surface area (Å²) in [5.74, 6) is 0. The molecule has 1 heterocycles. The quantitative estimate of drug-likeness (QED) is 0.865. The average Bonchev–Trinajstić information content (AvgIpc) is 2.41. The summed E-state index contributed by atoms with van der Waals surface area (Å²) in [4.78, 5) is 2.15. The number of morpholine rings is 1. The van der Waals surface area contributed by atoms with E-state index in [0.29, 0.717) is 13.2 Å². The Labute approximate surface area is 113 Å². The van der Waals surface area contributed by atoms with Gasteiger partial charge in [0, 0.05) is 23.8 Å². The number of ether oxygens (including phenoxy) is 1. The fraction of sp³-hybridized carbons (Fsp3) is 0.538. The van der Waals surface area contributed by atoms with Crippen LogP contribution in [0.25, 0.3) is 0 Å². The first-order valence-electron chi connectivity index (χ1n) is 6.14. The molecule has 0 radical (unpaired) electrons. The second-order valence-corrected chi connectivity index (χ2v) is 4.82. The number of hydrogen-bond acceptors (Lipinski definition) is 4. The number of aliphatic hydroxyl groups is 1. The molecule has 2 rings (SSSR count). The molecule has 1 aliphatic rings. The van der Waals surface area contributed by atoms with E-state index >= 15 is 0 Å². The van der Waals surface area contributed by atoms with Crippen LogP contribution in [0.5, 0.6) is 0 Å². The Morgan fingerprint density at radius 1 is 1.56 bits per heavy atom. The molecule has 1 aliphatic heterocycles. The molecular weight excluding hydrogens is 252 g/mol. The van der Waals surface area contributed by atoms with Crippen molar-refractivity contribution in [3.05, 3.63) is 28.8 Å². The summed E-state index contributed by atoms with van der Waals surface area (Å²) in [5.41, 5.74) is 2.12. The van der Waals surface area contributed by atoms with E-state index in [4.69, 9.17) is 16.3 Å². The van der Waals surface area contributed by atoms with Crippen molar-refractivity contribution in [3.8, 4) is 0 Å². The second kappa shape index (κ2) is 6.38. The molecule has 1 atom stereocenters. The van der Waals surface area contributed by atoms with Crippen molar-refractivity contribution in [3.63, 3.8) is 0 Å². The van der Waals surface area contributed by atoms with E-state index in [1.165, 1.54) is 0 Å². The van der Waals surface area contributed by atoms with E-state index in [2.05, 4.69) is 10.2 Å². The Morgan fingerprint density at radius 3 is 3.06 bits per heavy atom. The van der Waals surface area contributed by atoms with Crippen molar-refractivity contribution in [2.75, 3.05) is 38.3 Å². The van der Waals surface area contributed by atoms with E-state index in [0.717, 1.165) is 29.4 Å². The van der Waals surface area contributed by atoms with E-state index < -0.39 is 0 Å². The monoisotopic (exact) mass is 270 g/mol. The fourth-order valence-corrected chi connectivity index (χ4v) is 2.44. The van der Waals surface area contributed by atoms with Gasteiger partial charge in [-0.05, 0) is 24.7 Å². The van der Waals surface area contributed by atoms with Crippen LogP contribution in [0, 0.1) is 0 Å². The van der Waals surface area contributed by atoms with E-state index in [-0.39, 0.29) is 12.6 Å². The topological polar surface area (TPSA) is 44.7 Å². The molecule has 1 aromatic rings. The van der Waals surface area contributed by atoms with Gasteiger partial charge in [-0.2, -0.15) is 0 Å². The molecule has 100 valence electrons. The van der Waals surface area contributed by atoms with Crippen molar-refractivity contribution >= 4 is 17.3 Å². The first-order chi connectivity index (χ1) is 8.76. The van der Waals surface area contributed by atoms with Gasteiger partial charge in [-0.1, -0.05) is 17.7 Å². The zero-order valence-corrected chi connectivity index (χ0v) is 11.3. The Kier molecular flexibility index (Phi) is 4.83. The van der Waals surface area contributed by atoms with Crippen LogP contribution in [0.3, 0.4) is 0 Å². The number of nitrogens with zero attached hydrogens (tertiary/aromatic N) is 1. The number of rotatable bonds is 4. The van der Waals surface area contributed by atoms with Gasteiger partial charge in [0.05, 0.1) is 25.9 Å². The molecule has 4 nitrogen and oxygen atoms in total. The average molecular weight is 271 g/mol. The summed E-state index contributed by atoms with van der Waals surface area (Å²) in [7, 11) is 1.90. The Hall–Kier alpha value is -0.810. The minimum absolute atomic E-state index is 0.0185.